The Labute approximate surface area is 200 Å². The van der Waals surface area contributed by atoms with E-state index in [0.717, 1.165) is 39.7 Å². The second-order valence-electron chi connectivity index (χ2n) is 7.70. The van der Waals surface area contributed by atoms with E-state index in [9.17, 15) is 0 Å². The zero-order chi connectivity index (χ0) is 22.5. The van der Waals surface area contributed by atoms with E-state index < -0.39 is 0 Å². The Morgan fingerprint density at radius 2 is 1.64 bits per heavy atom. The average molecular weight is 500 g/mol. The lowest BCUT2D eigenvalue weighted by Gasteiger charge is -2.25. The zero-order valence-corrected chi connectivity index (χ0v) is 19.5. The van der Waals surface area contributed by atoms with Crippen molar-refractivity contribution in [3.05, 3.63) is 94.7 Å². The molecule has 0 atom stereocenters. The molecule has 2 aromatic heterocycles. The van der Waals surface area contributed by atoms with E-state index in [1.54, 1.807) is 0 Å². The molecule has 33 heavy (non-hydrogen) atoms. The molecule has 7 nitrogen and oxygen atoms in total. The molecule has 1 N–H and O–H groups in total. The van der Waals surface area contributed by atoms with Crippen molar-refractivity contribution in [3.63, 3.8) is 0 Å². The fourth-order valence-corrected chi connectivity index (χ4v) is 4.21. The summed E-state index contributed by atoms with van der Waals surface area (Å²) in [6, 6.07) is 26.7. The molecule has 0 aliphatic heterocycles. The van der Waals surface area contributed by atoms with Crippen LogP contribution in [0.3, 0.4) is 0 Å². The Hall–Kier alpha value is -3.65. The van der Waals surface area contributed by atoms with Gasteiger partial charge in [0.1, 0.15) is 5.82 Å². The van der Waals surface area contributed by atoms with Gasteiger partial charge in [-0.25, -0.2) is 9.97 Å². The summed E-state index contributed by atoms with van der Waals surface area (Å²) in [5.74, 6) is 2.30. The van der Waals surface area contributed by atoms with Crippen LogP contribution in [0, 0.1) is 0 Å². The molecule has 0 saturated carbocycles. The summed E-state index contributed by atoms with van der Waals surface area (Å²) in [4.78, 5) is 12.2. The molecule has 5 aromatic rings. The minimum absolute atomic E-state index is 0.663. The molecule has 3 aromatic carbocycles. The Kier molecular flexibility index (Phi) is 6.34. The fourth-order valence-electron chi connectivity index (χ4n) is 3.81. The predicted octanol–water partition coefficient (Wildman–Crippen LogP) is 4.86. The van der Waals surface area contributed by atoms with Crippen LogP contribution in [0.4, 0.5) is 5.82 Å². The SMILES string of the molecule is Brc1cccc(-c2nc(N(CCc3ccccc3)CCc3nn[nH]n3)c3ccccc3n2)c1. The third-order valence-corrected chi connectivity index (χ3v) is 5.97. The highest BCUT2D eigenvalue weighted by molar-refractivity contribution is 9.10. The number of aromatic amines is 1. The first-order chi connectivity index (χ1) is 16.3. The van der Waals surface area contributed by atoms with Gasteiger partial charge in [-0.2, -0.15) is 5.21 Å². The molecular weight excluding hydrogens is 478 g/mol. The van der Waals surface area contributed by atoms with E-state index in [0.29, 0.717) is 24.6 Å². The van der Waals surface area contributed by atoms with Crippen LogP contribution in [-0.4, -0.2) is 43.7 Å². The van der Waals surface area contributed by atoms with Gasteiger partial charge in [0.15, 0.2) is 11.6 Å². The molecule has 0 aliphatic carbocycles. The van der Waals surface area contributed by atoms with Crippen molar-refractivity contribution in [1.29, 1.82) is 0 Å². The molecule has 0 aliphatic rings. The van der Waals surface area contributed by atoms with E-state index in [1.165, 1.54) is 5.56 Å². The van der Waals surface area contributed by atoms with Gasteiger partial charge in [0.05, 0.1) is 5.52 Å². The Bertz CT molecular complexity index is 1340. The first-order valence-corrected chi connectivity index (χ1v) is 11.6. The zero-order valence-electron chi connectivity index (χ0n) is 17.9. The Morgan fingerprint density at radius 3 is 2.45 bits per heavy atom. The minimum atomic E-state index is 0.663. The molecule has 0 unspecified atom stereocenters. The lowest BCUT2D eigenvalue weighted by Crippen LogP contribution is -2.30. The molecular formula is C25H22BrN7. The molecule has 2 heterocycles. The second-order valence-corrected chi connectivity index (χ2v) is 8.61. The van der Waals surface area contributed by atoms with Gasteiger partial charge in [-0.1, -0.05) is 75.7 Å². The van der Waals surface area contributed by atoms with Crippen molar-refractivity contribution in [2.45, 2.75) is 12.8 Å². The number of hydrogen-bond donors (Lipinski definition) is 1. The standard InChI is InChI=1S/C25H22BrN7/c26-20-10-6-9-19(17-20)24-27-22-12-5-4-11-21(22)25(28-24)33(16-14-23-29-31-32-30-23)15-13-18-7-2-1-3-8-18/h1-12,17H,13-16H2,(H,29,30,31,32). The topological polar surface area (TPSA) is 83.5 Å². The molecule has 8 heteroatoms. The number of H-pyrrole nitrogens is 1. The molecule has 0 fully saturated rings. The molecule has 0 bridgehead atoms. The van der Waals surface area contributed by atoms with Crippen molar-refractivity contribution >= 4 is 32.7 Å². The number of anilines is 1. The molecule has 0 spiro atoms. The molecule has 5 rings (SSSR count). The normalized spacial score (nSPS) is 11.1. The number of rotatable bonds is 8. The van der Waals surface area contributed by atoms with Gasteiger partial charge in [-0.05, 0) is 36.2 Å². The number of aromatic nitrogens is 6. The number of tetrazole rings is 1. The van der Waals surface area contributed by atoms with Crippen LogP contribution in [0.15, 0.2) is 83.3 Å². The van der Waals surface area contributed by atoms with Crippen molar-refractivity contribution in [2.24, 2.45) is 0 Å². The van der Waals surface area contributed by atoms with Crippen molar-refractivity contribution in [2.75, 3.05) is 18.0 Å². The van der Waals surface area contributed by atoms with Crippen molar-refractivity contribution in [3.8, 4) is 11.4 Å². The lowest BCUT2D eigenvalue weighted by atomic mass is 10.1. The molecule has 164 valence electrons. The summed E-state index contributed by atoms with van der Waals surface area (Å²) in [6.45, 7) is 1.52. The fraction of sp³-hybridized carbons (Fsp3) is 0.160. The highest BCUT2D eigenvalue weighted by Crippen LogP contribution is 2.29. The van der Waals surface area contributed by atoms with Crippen LogP contribution in [0.2, 0.25) is 0 Å². The van der Waals surface area contributed by atoms with Crippen LogP contribution >= 0.6 is 15.9 Å². The average Bonchev–Trinajstić information content (AvgIpc) is 3.38. The first-order valence-electron chi connectivity index (χ1n) is 10.8. The van der Waals surface area contributed by atoms with Gasteiger partial charge >= 0.3 is 0 Å². The number of nitrogens with one attached hydrogen (secondary N) is 1. The smallest absolute Gasteiger partial charge is 0.176 e. The highest BCUT2D eigenvalue weighted by Gasteiger charge is 2.17. The van der Waals surface area contributed by atoms with Gasteiger partial charge in [0.25, 0.3) is 0 Å². The first kappa shape index (κ1) is 21.2. The second kappa shape index (κ2) is 9.87. The molecule has 0 amide bonds. The summed E-state index contributed by atoms with van der Waals surface area (Å²) in [5, 5.41) is 15.5. The van der Waals surface area contributed by atoms with Gasteiger partial charge in [0.2, 0.25) is 0 Å². The van der Waals surface area contributed by atoms with Gasteiger partial charge in [-0.15, -0.1) is 10.2 Å². The van der Waals surface area contributed by atoms with Crippen LogP contribution in [0.1, 0.15) is 11.4 Å². The maximum Gasteiger partial charge on any atom is 0.176 e. The van der Waals surface area contributed by atoms with Crippen LogP contribution in [-0.2, 0) is 12.8 Å². The third-order valence-electron chi connectivity index (χ3n) is 5.47. The van der Waals surface area contributed by atoms with Crippen LogP contribution in [0.5, 0.6) is 0 Å². The summed E-state index contributed by atoms with van der Waals surface area (Å²) in [5.41, 5.74) is 3.17. The van der Waals surface area contributed by atoms with Crippen LogP contribution < -0.4 is 4.90 Å². The van der Waals surface area contributed by atoms with Crippen LogP contribution in [0.25, 0.3) is 22.3 Å². The third kappa shape index (κ3) is 5.06. The highest BCUT2D eigenvalue weighted by atomic mass is 79.9. The van der Waals surface area contributed by atoms with E-state index in [4.69, 9.17) is 9.97 Å². The van der Waals surface area contributed by atoms with Gasteiger partial charge in [0, 0.05) is 34.9 Å². The van der Waals surface area contributed by atoms with Gasteiger partial charge in [-0.3, -0.25) is 0 Å². The number of nitrogens with zero attached hydrogens (tertiary/aromatic N) is 6. The van der Waals surface area contributed by atoms with E-state index in [2.05, 4.69) is 71.8 Å². The summed E-state index contributed by atoms with van der Waals surface area (Å²) in [7, 11) is 0. The largest absolute Gasteiger partial charge is 0.355 e. The maximum atomic E-state index is 5.05. The summed E-state index contributed by atoms with van der Waals surface area (Å²) in [6.07, 6.45) is 1.56. The number of para-hydroxylation sites is 1. The Morgan fingerprint density at radius 1 is 0.818 bits per heavy atom. The number of benzene rings is 3. The predicted molar refractivity (Wildman–Crippen MR) is 133 cm³/mol. The van der Waals surface area contributed by atoms with Gasteiger partial charge < -0.3 is 4.90 Å². The number of halogens is 1. The monoisotopic (exact) mass is 499 g/mol. The van der Waals surface area contributed by atoms with Crippen molar-refractivity contribution in [1.82, 2.24) is 30.6 Å². The molecule has 0 saturated heterocycles. The number of fused-ring (bicyclic) bond motifs is 1. The summed E-state index contributed by atoms with van der Waals surface area (Å²) < 4.78 is 0.997. The maximum absolute atomic E-state index is 5.05. The van der Waals surface area contributed by atoms with E-state index in [-0.39, 0.29) is 0 Å². The quantitative estimate of drug-likeness (QED) is 0.328. The van der Waals surface area contributed by atoms with Crippen molar-refractivity contribution < 1.29 is 0 Å². The lowest BCUT2D eigenvalue weighted by molar-refractivity contribution is 0.739. The van der Waals surface area contributed by atoms with E-state index in [1.807, 2.05) is 48.5 Å². The summed E-state index contributed by atoms with van der Waals surface area (Å²) >= 11 is 3.57. The minimum Gasteiger partial charge on any atom is -0.355 e. The number of hydrogen-bond acceptors (Lipinski definition) is 6. The van der Waals surface area contributed by atoms with E-state index >= 15 is 0 Å². The molecule has 0 radical (unpaired) electrons. The Balaban J connectivity index is 1.55.